The van der Waals surface area contributed by atoms with Crippen molar-refractivity contribution in [2.24, 2.45) is 0 Å². The van der Waals surface area contributed by atoms with Crippen LogP contribution >= 0.6 is 23.5 Å². The highest BCUT2D eigenvalue weighted by molar-refractivity contribution is 8.22. The Kier molecular flexibility index (Phi) is 3.97. The summed E-state index contributed by atoms with van der Waals surface area (Å²) in [5.41, 5.74) is 3.79. The molecule has 1 N–H and O–H groups in total. The molecule has 0 spiro atoms. The average molecular weight is 286 g/mol. The van der Waals surface area contributed by atoms with Crippen molar-refractivity contribution in [1.82, 2.24) is 0 Å². The Labute approximate surface area is 121 Å². The Bertz CT molecular complexity index is 575. The molecule has 1 unspecified atom stereocenters. The molecule has 0 saturated carbocycles. The summed E-state index contributed by atoms with van der Waals surface area (Å²) in [6.45, 7) is 0.149. The predicted molar refractivity (Wildman–Crippen MR) is 85.0 cm³/mol. The maximum atomic E-state index is 9.12. The van der Waals surface area contributed by atoms with E-state index in [1.54, 1.807) is 23.5 Å². The van der Waals surface area contributed by atoms with Gasteiger partial charge < -0.3 is 5.11 Å². The van der Waals surface area contributed by atoms with E-state index in [0.29, 0.717) is 4.58 Å². The zero-order chi connectivity index (χ0) is 13.1. The van der Waals surface area contributed by atoms with Gasteiger partial charge in [-0.3, -0.25) is 0 Å². The van der Waals surface area contributed by atoms with E-state index in [0.717, 1.165) is 4.91 Å². The van der Waals surface area contributed by atoms with Crippen LogP contribution in [0.15, 0.2) is 64.9 Å². The first-order chi connectivity index (χ1) is 9.36. The van der Waals surface area contributed by atoms with Crippen molar-refractivity contribution in [3.8, 4) is 11.1 Å². The van der Waals surface area contributed by atoms with Gasteiger partial charge in [-0.25, -0.2) is 0 Å². The first-order valence-corrected chi connectivity index (χ1v) is 7.96. The van der Waals surface area contributed by atoms with Crippen LogP contribution in [0.2, 0.25) is 0 Å². The van der Waals surface area contributed by atoms with E-state index in [1.165, 1.54) is 16.7 Å². The number of aliphatic hydroxyl groups is 1. The molecule has 96 valence electrons. The molecule has 19 heavy (non-hydrogen) atoms. The minimum Gasteiger partial charge on any atom is -0.391 e. The van der Waals surface area contributed by atoms with Crippen LogP contribution in [0.25, 0.3) is 11.1 Å². The summed E-state index contributed by atoms with van der Waals surface area (Å²) in [6, 6.07) is 19.1. The molecule has 0 saturated heterocycles. The van der Waals surface area contributed by atoms with Gasteiger partial charge >= 0.3 is 0 Å². The summed E-state index contributed by atoms with van der Waals surface area (Å²) in [4.78, 5) is 1.06. The van der Waals surface area contributed by atoms with Gasteiger partial charge in [0.05, 0.1) is 11.2 Å². The van der Waals surface area contributed by atoms with E-state index < -0.39 is 0 Å². The molecule has 0 aliphatic carbocycles. The van der Waals surface area contributed by atoms with Gasteiger partial charge in [-0.2, -0.15) is 0 Å². The summed E-state index contributed by atoms with van der Waals surface area (Å²) < 4.78 is 0.381. The van der Waals surface area contributed by atoms with Crippen molar-refractivity contribution in [2.45, 2.75) is 4.58 Å². The van der Waals surface area contributed by atoms with Crippen LogP contribution < -0.4 is 0 Å². The summed E-state index contributed by atoms with van der Waals surface area (Å²) in [6.07, 6.45) is 0. The lowest BCUT2D eigenvalue weighted by atomic mass is 10.0. The molecule has 3 rings (SSSR count). The van der Waals surface area contributed by atoms with Crippen LogP contribution in [-0.2, 0) is 0 Å². The number of hydrogen-bond donors (Lipinski definition) is 1. The van der Waals surface area contributed by atoms with E-state index in [1.807, 2.05) is 6.07 Å². The van der Waals surface area contributed by atoms with Crippen LogP contribution in [0.4, 0.5) is 0 Å². The lowest BCUT2D eigenvalue weighted by Gasteiger charge is -2.10. The summed E-state index contributed by atoms with van der Waals surface area (Å²) >= 11 is 3.51. The molecule has 1 nitrogen and oxygen atoms in total. The number of hydrogen-bond acceptors (Lipinski definition) is 3. The van der Waals surface area contributed by atoms with Gasteiger partial charge in [0, 0.05) is 4.91 Å². The normalized spacial score (nSPS) is 18.4. The molecule has 2 aromatic carbocycles. The van der Waals surface area contributed by atoms with Crippen molar-refractivity contribution in [1.29, 1.82) is 0 Å². The second kappa shape index (κ2) is 5.87. The maximum Gasteiger partial charge on any atom is 0.0837 e. The SMILES string of the molecule is OCC1=CSC(c2ccc(-c3ccccc3)cc2)S1. The molecule has 1 aliphatic rings. The highest BCUT2D eigenvalue weighted by atomic mass is 32.2. The Balaban J connectivity index is 1.77. The third kappa shape index (κ3) is 2.89. The van der Waals surface area contributed by atoms with E-state index in [-0.39, 0.29) is 6.61 Å². The van der Waals surface area contributed by atoms with Gasteiger partial charge in [0.1, 0.15) is 0 Å². The van der Waals surface area contributed by atoms with E-state index in [9.17, 15) is 0 Å². The quantitative estimate of drug-likeness (QED) is 0.885. The molecule has 0 bridgehead atoms. The van der Waals surface area contributed by atoms with Gasteiger partial charge in [0.2, 0.25) is 0 Å². The highest BCUT2D eigenvalue weighted by Gasteiger charge is 2.19. The summed E-state index contributed by atoms with van der Waals surface area (Å²) in [5, 5.41) is 11.2. The van der Waals surface area contributed by atoms with Crippen molar-refractivity contribution in [3.63, 3.8) is 0 Å². The fourth-order valence-corrected chi connectivity index (χ4v) is 4.47. The zero-order valence-electron chi connectivity index (χ0n) is 10.3. The van der Waals surface area contributed by atoms with E-state index in [4.69, 9.17) is 5.11 Å². The second-order valence-electron chi connectivity index (χ2n) is 4.32. The van der Waals surface area contributed by atoms with Crippen molar-refractivity contribution in [2.75, 3.05) is 6.61 Å². The highest BCUT2D eigenvalue weighted by Crippen LogP contribution is 2.50. The van der Waals surface area contributed by atoms with E-state index >= 15 is 0 Å². The van der Waals surface area contributed by atoms with Crippen molar-refractivity contribution < 1.29 is 5.11 Å². The van der Waals surface area contributed by atoms with Crippen LogP contribution in [0, 0.1) is 0 Å². The van der Waals surface area contributed by atoms with E-state index in [2.05, 4.69) is 53.9 Å². The lowest BCUT2D eigenvalue weighted by molar-refractivity contribution is 0.340. The first-order valence-electron chi connectivity index (χ1n) is 6.14. The minimum atomic E-state index is 0.149. The largest absolute Gasteiger partial charge is 0.391 e. The number of rotatable bonds is 3. The van der Waals surface area contributed by atoms with Crippen LogP contribution in [0.1, 0.15) is 10.1 Å². The van der Waals surface area contributed by atoms with Crippen LogP contribution in [0.3, 0.4) is 0 Å². The lowest BCUT2D eigenvalue weighted by Crippen LogP contribution is -1.87. The Morgan fingerprint density at radius 2 is 1.58 bits per heavy atom. The van der Waals surface area contributed by atoms with Crippen molar-refractivity contribution in [3.05, 3.63) is 70.5 Å². The van der Waals surface area contributed by atoms with Gasteiger partial charge in [-0.1, -0.05) is 54.6 Å². The molecule has 0 aromatic heterocycles. The summed E-state index contributed by atoms with van der Waals surface area (Å²) in [7, 11) is 0. The number of thioether (sulfide) groups is 2. The molecule has 0 fully saturated rings. The van der Waals surface area contributed by atoms with Gasteiger partial charge in [0.25, 0.3) is 0 Å². The van der Waals surface area contributed by atoms with Crippen molar-refractivity contribution >= 4 is 23.5 Å². The molecular weight excluding hydrogens is 272 g/mol. The molecule has 3 heteroatoms. The fraction of sp³-hybridized carbons (Fsp3) is 0.125. The van der Waals surface area contributed by atoms with Gasteiger partial charge in [0.15, 0.2) is 0 Å². The number of aliphatic hydroxyl groups excluding tert-OH is 1. The molecule has 0 amide bonds. The van der Waals surface area contributed by atoms with Crippen LogP contribution in [0.5, 0.6) is 0 Å². The molecule has 1 aliphatic heterocycles. The Morgan fingerprint density at radius 1 is 0.895 bits per heavy atom. The number of benzene rings is 2. The van der Waals surface area contributed by atoms with Gasteiger partial charge in [-0.15, -0.1) is 23.5 Å². The molecule has 1 heterocycles. The maximum absolute atomic E-state index is 9.12. The first kappa shape index (κ1) is 12.9. The third-order valence-corrected chi connectivity index (χ3v) is 5.77. The fourth-order valence-electron chi connectivity index (χ4n) is 2.02. The third-order valence-electron chi connectivity index (χ3n) is 3.03. The van der Waals surface area contributed by atoms with Gasteiger partial charge in [-0.05, 0) is 22.1 Å². The predicted octanol–water partition coefficient (Wildman–Crippen LogP) is 4.67. The average Bonchev–Trinajstić information content (AvgIpc) is 2.97. The molecule has 2 aromatic rings. The van der Waals surface area contributed by atoms with Crippen LogP contribution in [-0.4, -0.2) is 11.7 Å². The minimum absolute atomic E-state index is 0.149. The topological polar surface area (TPSA) is 20.2 Å². The molecule has 0 radical (unpaired) electrons. The second-order valence-corrected chi connectivity index (χ2v) is 6.83. The monoisotopic (exact) mass is 286 g/mol. The summed E-state index contributed by atoms with van der Waals surface area (Å²) in [5.74, 6) is 0. The Hall–Kier alpha value is -1.16. The molecule has 1 atom stereocenters. The Morgan fingerprint density at radius 3 is 2.21 bits per heavy atom. The smallest absolute Gasteiger partial charge is 0.0837 e. The standard InChI is InChI=1S/C16H14OS2/c17-10-15-11-18-16(19-15)14-8-6-13(7-9-14)12-4-2-1-3-5-12/h1-9,11,16-17H,10H2. The zero-order valence-corrected chi connectivity index (χ0v) is 12.0. The molecular formula is C16H14OS2.